The van der Waals surface area contributed by atoms with Gasteiger partial charge in [-0.1, -0.05) is 24.3 Å². The van der Waals surface area contributed by atoms with E-state index in [1.165, 1.54) is 24.3 Å². The normalized spacial score (nSPS) is 12.8. The van der Waals surface area contributed by atoms with Crippen LogP contribution in [0.1, 0.15) is 114 Å². The van der Waals surface area contributed by atoms with Gasteiger partial charge in [0.1, 0.15) is 35.4 Å². The minimum Gasteiger partial charge on any atom is -0.480 e. The minimum absolute atomic E-state index is 0.0185. The van der Waals surface area contributed by atoms with Crippen LogP contribution in [0.3, 0.4) is 0 Å². The number of hydrogen-bond acceptors (Lipinski definition) is 16. The van der Waals surface area contributed by atoms with E-state index in [0.29, 0.717) is 28.4 Å². The number of carboxylic acid groups (broad SMARTS) is 2. The summed E-state index contributed by atoms with van der Waals surface area (Å²) in [7, 11) is 1.08. The van der Waals surface area contributed by atoms with E-state index in [1.807, 2.05) is 0 Å². The van der Waals surface area contributed by atoms with Gasteiger partial charge in [-0.15, -0.1) is 0 Å². The number of nitrogens with one attached hydrogen (secondary N) is 2. The van der Waals surface area contributed by atoms with Crippen molar-refractivity contribution in [1.29, 1.82) is 0 Å². The monoisotopic (exact) mass is 1070 g/mol. The van der Waals surface area contributed by atoms with Gasteiger partial charge in [-0.05, 0) is 117 Å². The number of amides is 2. The van der Waals surface area contributed by atoms with Crippen LogP contribution in [0, 0.1) is 0 Å². The Hall–Kier alpha value is -7.36. The number of para-hydroxylation sites is 2. The van der Waals surface area contributed by atoms with Crippen molar-refractivity contribution in [1.82, 2.24) is 8.61 Å². The number of aliphatic imine (C=N–C) groups is 4. The zero-order chi connectivity index (χ0) is 55.8. The molecule has 0 aliphatic heterocycles. The predicted octanol–water partition coefficient (Wildman–Crippen LogP) is 1.85. The van der Waals surface area contributed by atoms with Crippen molar-refractivity contribution in [2.45, 2.75) is 128 Å². The Labute approximate surface area is 439 Å². The molecule has 20 N–H and O–H groups in total. The van der Waals surface area contributed by atoms with E-state index in [0.717, 1.165) is 8.61 Å². The van der Waals surface area contributed by atoms with Crippen LogP contribution < -0.4 is 56.5 Å². The Morgan fingerprint density at radius 2 is 0.851 bits per heavy atom. The number of nitrogens with zero attached hydrogens (tertiary/aromatic N) is 6. The lowest BCUT2D eigenvalue weighted by Gasteiger charge is -2.34. The molecule has 74 heavy (non-hydrogen) atoms. The highest BCUT2D eigenvalue weighted by molar-refractivity contribution is 8.75. The number of hydrogen-bond donors (Lipinski definition) is 12. The standard InChI is InChI=1S/C46H74N16O10S2/c1-45(2,3)71-39(69)32(20-12-24-56-42(49)50)60-30-18-10-8-16-28(30)36(64)62(34(22-14-26-58-44(53)54)40(70)72-46(4,5)6)74-73-61(33(38(67)68)21-13-25-57-43(51)52)35(63)27-15-7-9-17-29(27)59-31(37(65)66)19-11-23-55-41(47)48/h7-10,15-18,31-34,59-60H,11-14,19-26H2,1-6H3,(H,65,66)(H,67,68)(H4,47,48,55)(H4,49,50,56)(H4,51,52,57)(H4,53,54,58)/t31-,32-,33-,34-/m0/s1. The van der Waals surface area contributed by atoms with E-state index in [4.69, 9.17) is 55.3 Å². The van der Waals surface area contributed by atoms with E-state index in [9.17, 15) is 29.4 Å². The van der Waals surface area contributed by atoms with E-state index < -0.39 is 71.1 Å². The average Bonchev–Trinajstić information content (AvgIpc) is 3.28. The predicted molar refractivity (Wildman–Crippen MR) is 289 cm³/mol. The number of carbonyl (C=O) groups is 6. The number of carboxylic acids is 2. The molecule has 4 atom stereocenters. The largest absolute Gasteiger partial charge is 0.480 e. The van der Waals surface area contributed by atoms with Crippen molar-refractivity contribution >= 4 is 92.9 Å². The Balaban J connectivity index is 2.94. The lowest BCUT2D eigenvalue weighted by molar-refractivity contribution is -0.159. The number of benzene rings is 2. The molecule has 0 unspecified atom stereocenters. The molecule has 0 aromatic heterocycles. The topological polar surface area (TPSA) is 449 Å². The Morgan fingerprint density at radius 1 is 0.514 bits per heavy atom. The summed E-state index contributed by atoms with van der Waals surface area (Å²) in [6.45, 7) is 10.3. The molecule has 0 saturated heterocycles. The van der Waals surface area contributed by atoms with Gasteiger partial charge in [-0.3, -0.25) is 38.2 Å². The summed E-state index contributed by atoms with van der Waals surface area (Å²) in [6.07, 6.45) is 0.543. The van der Waals surface area contributed by atoms with Gasteiger partial charge in [0.2, 0.25) is 0 Å². The third kappa shape index (κ3) is 23.5. The van der Waals surface area contributed by atoms with Gasteiger partial charge < -0.3 is 76.2 Å². The van der Waals surface area contributed by atoms with Crippen molar-refractivity contribution in [2.75, 3.05) is 36.8 Å². The molecule has 2 rings (SSSR count). The first-order chi connectivity index (χ1) is 34.6. The maximum atomic E-state index is 15.4. The highest BCUT2D eigenvalue weighted by Crippen LogP contribution is 2.40. The molecule has 0 aliphatic rings. The summed E-state index contributed by atoms with van der Waals surface area (Å²) in [5, 5.41) is 27.0. The molecule has 26 nitrogen and oxygen atoms in total. The Morgan fingerprint density at radius 3 is 1.23 bits per heavy atom. The summed E-state index contributed by atoms with van der Waals surface area (Å²) in [4.78, 5) is 100. The second-order valence-electron chi connectivity index (χ2n) is 18.5. The van der Waals surface area contributed by atoms with Crippen LogP contribution in [0.25, 0.3) is 0 Å². The number of nitrogens with two attached hydrogens (primary N) is 8. The van der Waals surface area contributed by atoms with Crippen molar-refractivity contribution in [3.63, 3.8) is 0 Å². The van der Waals surface area contributed by atoms with Crippen molar-refractivity contribution in [3.05, 3.63) is 59.7 Å². The summed E-state index contributed by atoms with van der Waals surface area (Å²) in [5.41, 5.74) is 42.2. The maximum absolute atomic E-state index is 15.4. The second kappa shape index (κ2) is 30.6. The summed E-state index contributed by atoms with van der Waals surface area (Å²) >= 11 is 0. The van der Waals surface area contributed by atoms with Crippen LogP contribution in [-0.2, 0) is 28.7 Å². The molecule has 0 bridgehead atoms. The SMILES string of the molecule is CC(C)(C)OC(=O)[C@H](CCCN=C(N)N)Nc1ccccc1C(=O)N(SSN(C(=O)c1ccccc1N[C@@H](CCCN=C(N)N)C(=O)O)[C@@H](CCCN=C(N)N)C(=O)O)[C@@H](CCCN=C(N)N)C(=O)OC(C)(C)C. The molecule has 0 saturated carbocycles. The molecule has 0 aliphatic carbocycles. The van der Waals surface area contributed by atoms with Gasteiger partial charge in [-0.25, -0.2) is 19.2 Å². The fourth-order valence-electron chi connectivity index (χ4n) is 6.64. The van der Waals surface area contributed by atoms with Gasteiger partial charge >= 0.3 is 23.9 Å². The molecule has 410 valence electrons. The third-order valence-electron chi connectivity index (χ3n) is 9.84. The molecular weight excluding hydrogens is 1000 g/mol. The third-order valence-corrected chi connectivity index (χ3v) is 12.2. The van der Waals surface area contributed by atoms with Crippen LogP contribution in [0.2, 0.25) is 0 Å². The Kier molecular flexibility index (Phi) is 26.0. The zero-order valence-electron chi connectivity index (χ0n) is 42.7. The van der Waals surface area contributed by atoms with Gasteiger partial charge in [0.15, 0.2) is 23.8 Å². The fourth-order valence-corrected chi connectivity index (χ4v) is 9.17. The summed E-state index contributed by atoms with van der Waals surface area (Å²) in [5.74, 6) is -6.82. The van der Waals surface area contributed by atoms with E-state index in [2.05, 4.69) is 30.6 Å². The number of anilines is 2. The van der Waals surface area contributed by atoms with Crippen LogP contribution in [0.5, 0.6) is 0 Å². The Bertz CT molecular complexity index is 2330. The van der Waals surface area contributed by atoms with E-state index in [1.54, 1.807) is 65.8 Å². The van der Waals surface area contributed by atoms with Gasteiger partial charge in [0.25, 0.3) is 11.8 Å². The van der Waals surface area contributed by atoms with Crippen LogP contribution in [-0.4, -0.2) is 140 Å². The first kappa shape index (κ1) is 62.8. The lowest BCUT2D eigenvalue weighted by atomic mass is 10.1. The zero-order valence-corrected chi connectivity index (χ0v) is 44.3. The summed E-state index contributed by atoms with van der Waals surface area (Å²) < 4.78 is 13.6. The first-order valence-electron chi connectivity index (χ1n) is 23.5. The minimum atomic E-state index is -1.65. The molecule has 0 heterocycles. The molecular formula is C46H74N16O10S2. The quantitative estimate of drug-likeness (QED) is 0.0128. The number of rotatable bonds is 31. The van der Waals surface area contributed by atoms with Crippen LogP contribution >= 0.6 is 22.0 Å². The van der Waals surface area contributed by atoms with Crippen LogP contribution in [0.15, 0.2) is 68.5 Å². The molecule has 0 radical (unpaired) electrons. The maximum Gasteiger partial charge on any atom is 0.330 e. The van der Waals surface area contributed by atoms with Gasteiger partial charge in [0, 0.05) is 59.5 Å². The number of esters is 2. The fraction of sp³-hybridized carbons (Fsp3) is 0.522. The number of ether oxygens (including phenoxy) is 2. The van der Waals surface area contributed by atoms with Crippen LogP contribution in [0.4, 0.5) is 11.4 Å². The molecule has 0 fully saturated rings. The second-order valence-corrected chi connectivity index (χ2v) is 20.4. The van der Waals surface area contributed by atoms with Crippen molar-refractivity contribution in [3.8, 4) is 0 Å². The van der Waals surface area contributed by atoms with Crippen molar-refractivity contribution < 1.29 is 48.5 Å². The van der Waals surface area contributed by atoms with Gasteiger partial charge in [0.05, 0.1) is 11.1 Å². The summed E-state index contributed by atoms with van der Waals surface area (Å²) in [6, 6.07) is 6.60. The first-order valence-corrected chi connectivity index (χ1v) is 25.5. The number of guanidine groups is 4. The highest BCUT2D eigenvalue weighted by atomic mass is 33.1. The average molecular weight is 1080 g/mol. The smallest absolute Gasteiger partial charge is 0.330 e. The molecule has 2 amide bonds. The number of carbonyl (C=O) groups excluding carboxylic acids is 4. The highest BCUT2D eigenvalue weighted by Gasteiger charge is 2.40. The molecule has 2 aromatic rings. The van der Waals surface area contributed by atoms with Gasteiger partial charge in [-0.2, -0.15) is 0 Å². The lowest BCUT2D eigenvalue weighted by Crippen LogP contribution is -2.45. The van der Waals surface area contributed by atoms with Crippen molar-refractivity contribution in [2.24, 2.45) is 65.8 Å². The molecule has 0 spiro atoms. The van der Waals surface area contributed by atoms with E-state index >= 15 is 9.59 Å². The number of aliphatic carboxylic acids is 2. The molecule has 2 aromatic carbocycles. The molecule has 28 heteroatoms. The van der Waals surface area contributed by atoms with E-state index in [-0.39, 0.29) is 117 Å².